The van der Waals surface area contributed by atoms with Crippen molar-refractivity contribution < 1.29 is 34.0 Å². The summed E-state index contributed by atoms with van der Waals surface area (Å²) in [6.07, 6.45) is 3.26. The molecular formula is C20H26N2O7. The van der Waals surface area contributed by atoms with Crippen LogP contribution in [-0.4, -0.2) is 49.3 Å². The minimum Gasteiger partial charge on any atom is -0.479 e. The Morgan fingerprint density at radius 2 is 2.00 bits per heavy atom. The molecule has 0 saturated carbocycles. The molecule has 3 rings (SSSR count). The van der Waals surface area contributed by atoms with Crippen LogP contribution >= 0.6 is 0 Å². The SMILES string of the molecule is NCCc1cccc2c1C2(OOCC(=O)O)C(=O)OC(=O)CCC1CCNCC1. The molecule has 1 aromatic rings. The number of carbonyl (C=O) groups excluding carboxylic acids is 2. The number of ether oxygens (including phenoxy) is 1. The van der Waals surface area contributed by atoms with Gasteiger partial charge >= 0.3 is 17.9 Å². The highest BCUT2D eigenvalue weighted by molar-refractivity contribution is 6.00. The first-order chi connectivity index (χ1) is 14.0. The van der Waals surface area contributed by atoms with Crippen molar-refractivity contribution in [1.29, 1.82) is 0 Å². The van der Waals surface area contributed by atoms with Crippen molar-refractivity contribution >= 4 is 17.9 Å². The van der Waals surface area contributed by atoms with Gasteiger partial charge in [0.05, 0.1) is 0 Å². The second-order valence-electron chi connectivity index (χ2n) is 7.29. The van der Waals surface area contributed by atoms with Crippen LogP contribution in [0.2, 0.25) is 0 Å². The summed E-state index contributed by atoms with van der Waals surface area (Å²) in [7, 11) is 0. The Labute approximate surface area is 168 Å². The second-order valence-corrected chi connectivity index (χ2v) is 7.29. The largest absolute Gasteiger partial charge is 0.479 e. The lowest BCUT2D eigenvalue weighted by Gasteiger charge is -2.22. The Bertz CT molecular complexity index is 776. The molecule has 1 fully saturated rings. The normalized spacial score (nSPS) is 20.7. The quantitative estimate of drug-likeness (QED) is 0.221. The molecule has 9 nitrogen and oxygen atoms in total. The first-order valence-corrected chi connectivity index (χ1v) is 9.80. The Balaban J connectivity index is 1.66. The van der Waals surface area contributed by atoms with Crippen molar-refractivity contribution in [2.75, 3.05) is 26.2 Å². The number of piperidine rings is 1. The zero-order chi connectivity index (χ0) is 20.9. The third kappa shape index (κ3) is 4.81. The van der Waals surface area contributed by atoms with Crippen molar-refractivity contribution in [2.45, 2.75) is 37.7 Å². The van der Waals surface area contributed by atoms with Gasteiger partial charge in [-0.05, 0) is 56.8 Å². The number of nitrogens with two attached hydrogens (primary N) is 1. The summed E-state index contributed by atoms with van der Waals surface area (Å²) in [5.74, 6) is -2.37. The number of hydrogen-bond donors (Lipinski definition) is 3. The summed E-state index contributed by atoms with van der Waals surface area (Å²) < 4.78 is 5.06. The van der Waals surface area contributed by atoms with Crippen LogP contribution in [0.4, 0.5) is 0 Å². The van der Waals surface area contributed by atoms with E-state index in [0.717, 1.165) is 31.5 Å². The molecule has 0 spiro atoms. The molecule has 1 unspecified atom stereocenters. The van der Waals surface area contributed by atoms with E-state index in [2.05, 4.69) is 5.32 Å². The molecule has 1 aliphatic carbocycles. The lowest BCUT2D eigenvalue weighted by atomic mass is 9.93. The van der Waals surface area contributed by atoms with Crippen LogP contribution in [0, 0.1) is 5.92 Å². The Hall–Kier alpha value is -2.33. The van der Waals surface area contributed by atoms with Crippen molar-refractivity contribution in [2.24, 2.45) is 11.7 Å². The Morgan fingerprint density at radius 1 is 1.24 bits per heavy atom. The van der Waals surface area contributed by atoms with Crippen molar-refractivity contribution in [3.05, 3.63) is 34.9 Å². The summed E-state index contributed by atoms with van der Waals surface area (Å²) in [6.45, 7) is 1.46. The van der Waals surface area contributed by atoms with Gasteiger partial charge in [0.15, 0.2) is 6.61 Å². The minimum atomic E-state index is -1.71. The van der Waals surface area contributed by atoms with Gasteiger partial charge in [-0.15, -0.1) is 0 Å². The molecule has 4 N–H and O–H groups in total. The fraction of sp³-hybridized carbons (Fsp3) is 0.550. The molecule has 2 aliphatic rings. The van der Waals surface area contributed by atoms with Crippen LogP contribution in [0.1, 0.15) is 42.4 Å². The van der Waals surface area contributed by atoms with Crippen molar-refractivity contribution in [3.63, 3.8) is 0 Å². The summed E-state index contributed by atoms with van der Waals surface area (Å²) >= 11 is 0. The number of carboxylic acids is 1. The molecule has 1 aliphatic heterocycles. The molecule has 0 bridgehead atoms. The van der Waals surface area contributed by atoms with E-state index >= 15 is 0 Å². The highest BCUT2D eigenvalue weighted by Crippen LogP contribution is 2.54. The average molecular weight is 406 g/mol. The van der Waals surface area contributed by atoms with E-state index in [1.165, 1.54) is 0 Å². The molecule has 1 aromatic carbocycles. The molecule has 9 heteroatoms. The molecule has 0 amide bonds. The number of nitrogens with one attached hydrogen (secondary N) is 1. The van der Waals surface area contributed by atoms with E-state index in [9.17, 15) is 14.4 Å². The Kier molecular flexibility index (Phi) is 6.96. The summed E-state index contributed by atoms with van der Waals surface area (Å²) in [5.41, 5.74) is 5.69. The van der Waals surface area contributed by atoms with Gasteiger partial charge in [0.25, 0.3) is 5.60 Å². The monoisotopic (exact) mass is 406 g/mol. The zero-order valence-corrected chi connectivity index (χ0v) is 16.1. The lowest BCUT2D eigenvalue weighted by molar-refractivity contribution is -0.333. The Morgan fingerprint density at radius 3 is 2.69 bits per heavy atom. The number of benzene rings is 1. The van der Waals surface area contributed by atoms with Gasteiger partial charge in [0.2, 0.25) is 0 Å². The number of carbonyl (C=O) groups is 3. The first kappa shape index (κ1) is 21.4. The van der Waals surface area contributed by atoms with E-state index in [1.807, 2.05) is 0 Å². The van der Waals surface area contributed by atoms with Gasteiger partial charge in [-0.3, -0.25) is 4.79 Å². The van der Waals surface area contributed by atoms with E-state index in [1.54, 1.807) is 18.2 Å². The fourth-order valence-electron chi connectivity index (χ4n) is 3.81. The topological polar surface area (TPSA) is 137 Å². The maximum absolute atomic E-state index is 12.8. The molecule has 0 radical (unpaired) electrons. The third-order valence-electron chi connectivity index (χ3n) is 5.31. The van der Waals surface area contributed by atoms with Crippen LogP contribution in [0.25, 0.3) is 0 Å². The smallest absolute Gasteiger partial charge is 0.359 e. The van der Waals surface area contributed by atoms with Gasteiger partial charge in [-0.25, -0.2) is 19.4 Å². The number of carboxylic acid groups (broad SMARTS) is 1. The van der Waals surface area contributed by atoms with Gasteiger partial charge < -0.3 is 20.9 Å². The number of hydrogen-bond acceptors (Lipinski definition) is 8. The standard InChI is InChI=1S/C20H26N2O7/c21-9-6-14-2-1-3-15-18(14)20(15,29-27-12-16(23)24)19(26)28-17(25)5-4-13-7-10-22-11-8-13/h1-3,13,22H,4-12,21H2,(H,23,24). The van der Waals surface area contributed by atoms with Gasteiger partial charge in [0, 0.05) is 17.5 Å². The van der Waals surface area contributed by atoms with Crippen molar-refractivity contribution in [1.82, 2.24) is 5.32 Å². The fourth-order valence-corrected chi connectivity index (χ4v) is 3.81. The van der Waals surface area contributed by atoms with Gasteiger partial charge in [0.1, 0.15) is 0 Å². The number of aliphatic carboxylic acids is 1. The molecule has 1 atom stereocenters. The molecular weight excluding hydrogens is 380 g/mol. The van der Waals surface area contributed by atoms with Crippen LogP contribution in [0.15, 0.2) is 18.2 Å². The minimum absolute atomic E-state index is 0.133. The predicted molar refractivity (Wildman–Crippen MR) is 101 cm³/mol. The third-order valence-corrected chi connectivity index (χ3v) is 5.31. The van der Waals surface area contributed by atoms with Crippen molar-refractivity contribution in [3.8, 4) is 0 Å². The van der Waals surface area contributed by atoms with Gasteiger partial charge in [-0.2, -0.15) is 0 Å². The highest BCUT2D eigenvalue weighted by Gasteiger charge is 2.63. The van der Waals surface area contributed by atoms with Crippen LogP contribution < -0.4 is 11.1 Å². The van der Waals surface area contributed by atoms with E-state index < -0.39 is 30.1 Å². The van der Waals surface area contributed by atoms with Crippen LogP contribution in [0.5, 0.6) is 0 Å². The molecule has 158 valence electrons. The molecule has 0 aromatic heterocycles. The summed E-state index contributed by atoms with van der Waals surface area (Å²) in [4.78, 5) is 45.8. The number of fused-ring (bicyclic) bond motifs is 1. The number of esters is 2. The van der Waals surface area contributed by atoms with E-state index in [4.69, 9.17) is 25.4 Å². The number of rotatable bonds is 10. The molecule has 1 heterocycles. The lowest BCUT2D eigenvalue weighted by Crippen LogP contribution is -2.32. The summed E-state index contributed by atoms with van der Waals surface area (Å²) in [5, 5.41) is 12.0. The van der Waals surface area contributed by atoms with Gasteiger partial charge in [-0.1, -0.05) is 18.2 Å². The molecule has 29 heavy (non-hydrogen) atoms. The maximum atomic E-state index is 12.8. The molecule has 1 saturated heterocycles. The summed E-state index contributed by atoms with van der Waals surface area (Å²) in [6, 6.07) is 5.18. The van der Waals surface area contributed by atoms with Crippen LogP contribution in [0.3, 0.4) is 0 Å². The predicted octanol–water partition coefficient (Wildman–Crippen LogP) is 0.627. The second kappa shape index (κ2) is 9.45. The highest BCUT2D eigenvalue weighted by atomic mass is 17.2. The first-order valence-electron chi connectivity index (χ1n) is 9.80. The maximum Gasteiger partial charge on any atom is 0.359 e. The van der Waals surface area contributed by atoms with Crippen LogP contribution in [-0.2, 0) is 40.9 Å². The average Bonchev–Trinajstić information content (AvgIpc) is 3.37. The van der Waals surface area contributed by atoms with E-state index in [0.29, 0.717) is 36.4 Å². The van der Waals surface area contributed by atoms with E-state index in [-0.39, 0.29) is 6.42 Å². The zero-order valence-electron chi connectivity index (χ0n) is 16.1.